The van der Waals surface area contributed by atoms with Crippen LogP contribution in [-0.2, 0) is 23.0 Å². The van der Waals surface area contributed by atoms with Crippen molar-refractivity contribution in [3.05, 3.63) is 45.2 Å². The Hall–Kier alpha value is -2.59. The minimum absolute atomic E-state index is 0.0663. The molecule has 0 aliphatic heterocycles. The molecule has 164 valence electrons. The number of esters is 1. The first-order valence-electron chi connectivity index (χ1n) is 9.76. The summed E-state index contributed by atoms with van der Waals surface area (Å²) in [5.41, 5.74) is 0.930. The van der Waals surface area contributed by atoms with E-state index in [1.165, 1.54) is 17.4 Å². The molecule has 7 nitrogen and oxygen atoms in total. The summed E-state index contributed by atoms with van der Waals surface area (Å²) in [7, 11) is 0. The van der Waals surface area contributed by atoms with Crippen molar-refractivity contribution in [2.45, 2.75) is 44.9 Å². The molecule has 1 aliphatic carbocycles. The topological polar surface area (TPSA) is 85.6 Å². The highest BCUT2D eigenvalue weighted by atomic mass is 35.5. The fourth-order valence-electron chi connectivity index (χ4n) is 3.65. The van der Waals surface area contributed by atoms with E-state index in [1.54, 1.807) is 13.8 Å². The van der Waals surface area contributed by atoms with E-state index >= 15 is 0 Å². The predicted octanol–water partition coefficient (Wildman–Crippen LogP) is 4.70. The molecule has 0 saturated carbocycles. The lowest BCUT2D eigenvalue weighted by Gasteiger charge is -2.12. The molecule has 0 spiro atoms. The van der Waals surface area contributed by atoms with Gasteiger partial charge in [0.25, 0.3) is 5.91 Å². The second kappa shape index (κ2) is 8.16. The number of aromatic nitrogens is 3. The normalized spacial score (nSPS) is 13.8. The number of aryl methyl sites for hydroxylation is 2. The number of alkyl halides is 3. The Morgan fingerprint density at radius 1 is 1.32 bits per heavy atom. The predicted molar refractivity (Wildman–Crippen MR) is 112 cm³/mol. The number of nitrogens with one attached hydrogen (secondary N) is 1. The number of thiophene rings is 1. The van der Waals surface area contributed by atoms with E-state index < -0.39 is 23.0 Å². The minimum atomic E-state index is -3.68. The van der Waals surface area contributed by atoms with Crippen LogP contribution in [0, 0.1) is 6.92 Å². The number of fused-ring (bicyclic) bond motifs is 2. The Morgan fingerprint density at radius 3 is 2.77 bits per heavy atom. The molecule has 0 aromatic carbocycles. The van der Waals surface area contributed by atoms with Gasteiger partial charge in [-0.1, -0.05) is 0 Å². The molecule has 1 N–H and O–H groups in total. The Balaban J connectivity index is 1.71. The quantitative estimate of drug-likeness (QED) is 0.433. The van der Waals surface area contributed by atoms with Crippen LogP contribution < -0.4 is 5.32 Å². The molecule has 0 radical (unpaired) electrons. The van der Waals surface area contributed by atoms with Crippen molar-refractivity contribution in [2.24, 2.45) is 0 Å². The number of hydrogen-bond acceptors (Lipinski definition) is 6. The number of hydrogen-bond donors (Lipinski definition) is 1. The number of carbonyl (C=O) groups excluding carboxylic acids is 2. The van der Waals surface area contributed by atoms with E-state index in [2.05, 4.69) is 15.4 Å². The third kappa shape index (κ3) is 4.14. The van der Waals surface area contributed by atoms with E-state index in [9.17, 15) is 18.4 Å². The van der Waals surface area contributed by atoms with Crippen LogP contribution in [0.1, 0.15) is 62.4 Å². The van der Waals surface area contributed by atoms with Crippen LogP contribution in [0.3, 0.4) is 0 Å². The third-order valence-electron chi connectivity index (χ3n) is 4.96. The van der Waals surface area contributed by atoms with Gasteiger partial charge in [0, 0.05) is 16.6 Å². The standard InChI is InChI=1S/C20H19ClF2N4O3S/c1-3-30-19(29)16-11-6-4-5-7-13(11)31-18(16)25-17(28)12-9-15-24-10(2)8-14(20(21,22)23)27(15)26-12/h8-9H,3-7H2,1-2H3,(H,25,28). The molecule has 0 atom stereocenters. The average molecular weight is 469 g/mol. The molecule has 11 heteroatoms. The van der Waals surface area contributed by atoms with Crippen molar-refractivity contribution in [1.82, 2.24) is 14.6 Å². The molecule has 0 saturated heterocycles. The maximum absolute atomic E-state index is 13.8. The molecule has 0 bridgehead atoms. The number of nitrogens with zero attached hydrogens (tertiary/aromatic N) is 3. The highest BCUT2D eigenvalue weighted by Crippen LogP contribution is 2.39. The zero-order chi connectivity index (χ0) is 22.3. The molecule has 3 aromatic rings. The van der Waals surface area contributed by atoms with Crippen molar-refractivity contribution >= 4 is 45.5 Å². The second-order valence-electron chi connectivity index (χ2n) is 7.17. The smallest absolute Gasteiger partial charge is 0.364 e. The number of ether oxygens (including phenoxy) is 1. The van der Waals surface area contributed by atoms with Crippen molar-refractivity contribution in [2.75, 3.05) is 11.9 Å². The van der Waals surface area contributed by atoms with Crippen LogP contribution >= 0.6 is 22.9 Å². The van der Waals surface area contributed by atoms with Gasteiger partial charge in [-0.25, -0.2) is 14.3 Å². The summed E-state index contributed by atoms with van der Waals surface area (Å²) >= 11 is 6.53. The van der Waals surface area contributed by atoms with Gasteiger partial charge in [-0.15, -0.1) is 11.3 Å². The first-order chi connectivity index (χ1) is 14.7. The van der Waals surface area contributed by atoms with Gasteiger partial charge in [0.15, 0.2) is 11.3 Å². The highest BCUT2D eigenvalue weighted by Gasteiger charge is 2.33. The summed E-state index contributed by atoms with van der Waals surface area (Å²) in [6, 6.07) is 2.41. The zero-order valence-electron chi connectivity index (χ0n) is 16.8. The second-order valence-corrected chi connectivity index (χ2v) is 8.75. The van der Waals surface area contributed by atoms with Crippen LogP contribution in [0.5, 0.6) is 0 Å². The van der Waals surface area contributed by atoms with E-state index in [-0.39, 0.29) is 17.9 Å². The molecule has 1 amide bonds. The van der Waals surface area contributed by atoms with Gasteiger partial charge < -0.3 is 10.1 Å². The van der Waals surface area contributed by atoms with Gasteiger partial charge in [0.1, 0.15) is 10.7 Å². The van der Waals surface area contributed by atoms with Gasteiger partial charge in [-0.2, -0.15) is 13.9 Å². The number of halogens is 3. The van der Waals surface area contributed by atoms with Gasteiger partial charge in [0.05, 0.1) is 12.2 Å². The van der Waals surface area contributed by atoms with Gasteiger partial charge >= 0.3 is 11.4 Å². The van der Waals surface area contributed by atoms with Crippen LogP contribution in [0.25, 0.3) is 5.65 Å². The van der Waals surface area contributed by atoms with Crippen LogP contribution in [0.15, 0.2) is 12.1 Å². The summed E-state index contributed by atoms with van der Waals surface area (Å²) < 4.78 is 33.6. The molecule has 3 aromatic heterocycles. The van der Waals surface area contributed by atoms with Gasteiger partial charge in [0.2, 0.25) is 0 Å². The molecular weight excluding hydrogens is 450 g/mol. The lowest BCUT2D eigenvalue weighted by Crippen LogP contribution is -2.17. The molecule has 4 rings (SSSR count). The number of anilines is 1. The van der Waals surface area contributed by atoms with Crippen LogP contribution in [-0.4, -0.2) is 33.1 Å². The summed E-state index contributed by atoms with van der Waals surface area (Å²) in [6.07, 6.45) is 3.53. The first kappa shape index (κ1) is 21.6. The zero-order valence-corrected chi connectivity index (χ0v) is 18.4. The molecular formula is C20H19ClF2N4O3S. The van der Waals surface area contributed by atoms with Crippen molar-refractivity contribution < 1.29 is 23.1 Å². The van der Waals surface area contributed by atoms with E-state index in [0.717, 1.165) is 46.7 Å². The van der Waals surface area contributed by atoms with Crippen LogP contribution in [0.4, 0.5) is 13.8 Å². The summed E-state index contributed by atoms with van der Waals surface area (Å²) in [4.78, 5) is 30.6. The Kier molecular flexibility index (Phi) is 5.69. The third-order valence-corrected chi connectivity index (χ3v) is 6.36. The Bertz CT molecular complexity index is 1190. The van der Waals surface area contributed by atoms with E-state index in [1.807, 2.05) is 0 Å². The number of carbonyl (C=O) groups is 2. The maximum Gasteiger partial charge on any atom is 0.364 e. The number of amides is 1. The monoisotopic (exact) mass is 468 g/mol. The van der Waals surface area contributed by atoms with Gasteiger partial charge in [-0.05, 0) is 62.8 Å². The summed E-state index contributed by atoms with van der Waals surface area (Å²) in [6.45, 7) is 3.47. The number of rotatable bonds is 5. The SMILES string of the molecule is CCOC(=O)c1c(NC(=O)c2cc3nc(C)cc(C(F)(F)Cl)n3n2)sc2c1CCCC2. The lowest BCUT2D eigenvalue weighted by molar-refractivity contribution is 0.0526. The highest BCUT2D eigenvalue weighted by molar-refractivity contribution is 7.17. The average Bonchev–Trinajstić information content (AvgIpc) is 3.27. The first-order valence-corrected chi connectivity index (χ1v) is 11.0. The molecule has 0 fully saturated rings. The van der Waals surface area contributed by atoms with Crippen molar-refractivity contribution in [3.63, 3.8) is 0 Å². The summed E-state index contributed by atoms with van der Waals surface area (Å²) in [5, 5.41) is 3.38. The van der Waals surface area contributed by atoms with Crippen molar-refractivity contribution in [1.29, 1.82) is 0 Å². The maximum atomic E-state index is 13.8. The van der Waals surface area contributed by atoms with Crippen molar-refractivity contribution in [3.8, 4) is 0 Å². The largest absolute Gasteiger partial charge is 0.462 e. The minimum Gasteiger partial charge on any atom is -0.462 e. The summed E-state index contributed by atoms with van der Waals surface area (Å²) in [5.74, 6) is -1.13. The van der Waals surface area contributed by atoms with E-state index in [4.69, 9.17) is 16.3 Å². The molecule has 3 heterocycles. The Labute approximate surface area is 185 Å². The molecule has 31 heavy (non-hydrogen) atoms. The molecule has 0 unspecified atom stereocenters. The fraction of sp³-hybridized carbons (Fsp3) is 0.400. The lowest BCUT2D eigenvalue weighted by atomic mass is 9.95. The van der Waals surface area contributed by atoms with E-state index in [0.29, 0.717) is 16.3 Å². The van der Waals surface area contributed by atoms with Gasteiger partial charge in [-0.3, -0.25) is 4.79 Å². The fourth-order valence-corrected chi connectivity index (χ4v) is 5.06. The van der Waals surface area contributed by atoms with Crippen LogP contribution in [0.2, 0.25) is 0 Å². The Morgan fingerprint density at radius 2 is 2.06 bits per heavy atom. The molecule has 1 aliphatic rings.